The van der Waals surface area contributed by atoms with Crippen molar-refractivity contribution in [3.8, 4) is 0 Å². The quantitative estimate of drug-likeness (QED) is 0.766. The fourth-order valence-corrected chi connectivity index (χ4v) is 2.44. The van der Waals surface area contributed by atoms with E-state index in [4.69, 9.17) is 0 Å². The van der Waals surface area contributed by atoms with E-state index in [0.29, 0.717) is 13.0 Å². The number of hydrogen-bond donors (Lipinski definition) is 1. The first kappa shape index (κ1) is 12.6. The van der Waals surface area contributed by atoms with Crippen LogP contribution in [0.3, 0.4) is 0 Å². The van der Waals surface area contributed by atoms with Crippen LogP contribution >= 0.6 is 0 Å². The topological polar surface area (TPSA) is 67.8 Å². The summed E-state index contributed by atoms with van der Waals surface area (Å²) in [6, 6.07) is 5.69. The van der Waals surface area contributed by atoms with Crippen molar-refractivity contribution in [2.45, 2.75) is 25.8 Å². The maximum absolute atomic E-state index is 12.0. The molecule has 2 aromatic rings. The molecule has 5 heteroatoms. The molecule has 0 amide bonds. The van der Waals surface area contributed by atoms with E-state index in [2.05, 4.69) is 9.97 Å². The molecule has 3 rings (SSSR count). The first-order chi connectivity index (χ1) is 9.75. The second-order valence-corrected chi connectivity index (χ2v) is 4.77. The van der Waals surface area contributed by atoms with Gasteiger partial charge in [-0.05, 0) is 25.0 Å². The van der Waals surface area contributed by atoms with Crippen molar-refractivity contribution in [2.75, 3.05) is 0 Å². The van der Waals surface area contributed by atoms with E-state index in [-0.39, 0.29) is 0 Å². The van der Waals surface area contributed by atoms with Crippen LogP contribution in [0.1, 0.15) is 18.5 Å². The second-order valence-electron chi connectivity index (χ2n) is 4.77. The zero-order chi connectivity index (χ0) is 13.9. The highest BCUT2D eigenvalue weighted by Crippen LogP contribution is 1.96. The molecule has 0 aliphatic heterocycles. The van der Waals surface area contributed by atoms with E-state index >= 15 is 0 Å². The Morgan fingerprint density at radius 1 is 1.20 bits per heavy atom. The molecule has 0 fully saturated rings. The molecular weight excluding hydrogens is 254 g/mol. The van der Waals surface area contributed by atoms with Gasteiger partial charge in [-0.25, -0.2) is 0 Å². The number of fused-ring (bicyclic) bond motifs is 1. The van der Waals surface area contributed by atoms with Gasteiger partial charge in [-0.3, -0.25) is 14.6 Å². The van der Waals surface area contributed by atoms with E-state index in [9.17, 15) is 9.59 Å². The smallest absolute Gasteiger partial charge is 0.316 e. The van der Waals surface area contributed by atoms with Crippen LogP contribution in [-0.2, 0) is 13.0 Å². The standard InChI is InChI=1S/C15H15N3O2/c19-14-15(20)18(10-8-11-5-3-4-9-16-11)13-7-2-1-6-12(13)17-14/h3-7,9H,1-2,8,10H2,(H,17,19). The fraction of sp³-hybridized carbons (Fsp3) is 0.267. The molecule has 5 nitrogen and oxygen atoms in total. The van der Waals surface area contributed by atoms with E-state index in [1.54, 1.807) is 10.8 Å². The monoisotopic (exact) mass is 269 g/mol. The minimum atomic E-state index is -0.559. The maximum Gasteiger partial charge on any atom is 0.316 e. The Balaban J connectivity index is 2.04. The molecule has 0 radical (unpaired) electrons. The Morgan fingerprint density at radius 2 is 2.05 bits per heavy atom. The second kappa shape index (κ2) is 5.28. The van der Waals surface area contributed by atoms with Gasteiger partial charge in [-0.2, -0.15) is 0 Å². The average molecular weight is 269 g/mol. The number of aromatic nitrogens is 3. The van der Waals surface area contributed by atoms with Gasteiger partial charge in [0.15, 0.2) is 0 Å². The van der Waals surface area contributed by atoms with Gasteiger partial charge in [0.1, 0.15) is 0 Å². The zero-order valence-corrected chi connectivity index (χ0v) is 11.0. The predicted molar refractivity (Wildman–Crippen MR) is 76.7 cm³/mol. The molecule has 1 aliphatic rings. The van der Waals surface area contributed by atoms with Gasteiger partial charge in [-0.15, -0.1) is 0 Å². The molecule has 20 heavy (non-hydrogen) atoms. The van der Waals surface area contributed by atoms with Gasteiger partial charge in [-0.1, -0.05) is 18.2 Å². The summed E-state index contributed by atoms with van der Waals surface area (Å²) < 4.78 is 1.55. The first-order valence-corrected chi connectivity index (χ1v) is 6.69. The predicted octanol–water partition coefficient (Wildman–Crippen LogP) is -0.471. The Labute approximate surface area is 114 Å². The molecular formula is C15H15N3O2. The summed E-state index contributed by atoms with van der Waals surface area (Å²) >= 11 is 0. The molecule has 2 heterocycles. The molecule has 1 N–H and O–H groups in total. The van der Waals surface area contributed by atoms with Crippen LogP contribution in [0.5, 0.6) is 0 Å². The summed E-state index contributed by atoms with van der Waals surface area (Å²) in [5.41, 5.74) is -0.143. The van der Waals surface area contributed by atoms with Gasteiger partial charge in [0, 0.05) is 24.9 Å². The lowest BCUT2D eigenvalue weighted by Crippen LogP contribution is -2.54. The lowest BCUT2D eigenvalue weighted by atomic mass is 10.2. The van der Waals surface area contributed by atoms with Crippen molar-refractivity contribution in [3.05, 3.63) is 61.5 Å². The third kappa shape index (κ3) is 2.34. The van der Waals surface area contributed by atoms with Crippen LogP contribution in [0.4, 0.5) is 0 Å². The molecule has 2 aromatic heterocycles. The van der Waals surface area contributed by atoms with Crippen molar-refractivity contribution in [1.29, 1.82) is 0 Å². The summed E-state index contributed by atoms with van der Waals surface area (Å²) in [7, 11) is 0. The number of hydrogen-bond acceptors (Lipinski definition) is 3. The third-order valence-corrected chi connectivity index (χ3v) is 3.42. The molecule has 1 aliphatic carbocycles. The van der Waals surface area contributed by atoms with Gasteiger partial charge in [0.05, 0.1) is 10.7 Å². The number of rotatable bonds is 3. The lowest BCUT2D eigenvalue weighted by molar-refractivity contribution is 0.620. The van der Waals surface area contributed by atoms with Crippen LogP contribution in [0.25, 0.3) is 12.2 Å². The van der Waals surface area contributed by atoms with Gasteiger partial charge in [0.2, 0.25) is 0 Å². The highest BCUT2D eigenvalue weighted by molar-refractivity contribution is 5.33. The summed E-state index contributed by atoms with van der Waals surface area (Å²) in [5.74, 6) is 0. The van der Waals surface area contributed by atoms with Gasteiger partial charge >= 0.3 is 11.1 Å². The number of aromatic amines is 1. The molecule has 0 saturated carbocycles. The zero-order valence-electron chi connectivity index (χ0n) is 11.0. The number of pyridine rings is 1. The summed E-state index contributed by atoms with van der Waals surface area (Å²) in [6.45, 7) is 0.465. The van der Waals surface area contributed by atoms with E-state index in [0.717, 1.165) is 29.2 Å². The molecule has 0 saturated heterocycles. The summed E-state index contributed by atoms with van der Waals surface area (Å²) in [4.78, 5) is 30.6. The highest BCUT2D eigenvalue weighted by Gasteiger charge is 2.07. The minimum absolute atomic E-state index is 0.465. The van der Waals surface area contributed by atoms with Crippen LogP contribution in [0.2, 0.25) is 0 Å². The van der Waals surface area contributed by atoms with Gasteiger partial charge in [0.25, 0.3) is 0 Å². The van der Waals surface area contributed by atoms with Gasteiger partial charge < -0.3 is 9.55 Å². The maximum atomic E-state index is 12.0. The minimum Gasteiger partial charge on any atom is -0.316 e. The fourth-order valence-electron chi connectivity index (χ4n) is 2.44. The SMILES string of the molecule is O=c1[nH]c2c(n(CCc3ccccn3)c1=O)=CCCC=2. The molecule has 0 bridgehead atoms. The molecule has 102 valence electrons. The Kier molecular flexibility index (Phi) is 3.33. The number of nitrogens with zero attached hydrogens (tertiary/aromatic N) is 2. The largest absolute Gasteiger partial charge is 0.316 e. The van der Waals surface area contributed by atoms with Crippen molar-refractivity contribution in [2.24, 2.45) is 0 Å². The molecule has 0 atom stereocenters. The Morgan fingerprint density at radius 3 is 2.85 bits per heavy atom. The molecule has 0 unspecified atom stereocenters. The summed E-state index contributed by atoms with van der Waals surface area (Å²) in [5, 5.41) is 1.57. The Bertz CT molecular complexity index is 847. The highest BCUT2D eigenvalue weighted by atomic mass is 16.2. The van der Waals surface area contributed by atoms with Crippen LogP contribution in [-0.4, -0.2) is 14.5 Å². The lowest BCUT2D eigenvalue weighted by Gasteiger charge is -2.09. The first-order valence-electron chi connectivity index (χ1n) is 6.69. The van der Waals surface area contributed by atoms with E-state index in [1.807, 2.05) is 30.4 Å². The van der Waals surface area contributed by atoms with Crippen LogP contribution in [0.15, 0.2) is 34.0 Å². The van der Waals surface area contributed by atoms with Crippen molar-refractivity contribution < 1.29 is 0 Å². The average Bonchev–Trinajstić information content (AvgIpc) is 2.49. The number of H-pyrrole nitrogens is 1. The van der Waals surface area contributed by atoms with E-state index in [1.165, 1.54) is 0 Å². The van der Waals surface area contributed by atoms with E-state index < -0.39 is 11.1 Å². The van der Waals surface area contributed by atoms with Crippen molar-refractivity contribution in [3.63, 3.8) is 0 Å². The van der Waals surface area contributed by atoms with Crippen LogP contribution in [0, 0.1) is 0 Å². The summed E-state index contributed by atoms with van der Waals surface area (Å²) in [6.07, 6.45) is 8.11. The van der Waals surface area contributed by atoms with Crippen molar-refractivity contribution >= 4 is 12.2 Å². The van der Waals surface area contributed by atoms with Crippen molar-refractivity contribution in [1.82, 2.24) is 14.5 Å². The van der Waals surface area contributed by atoms with Crippen LogP contribution < -0.4 is 21.8 Å². The molecule has 0 spiro atoms. The number of nitrogens with one attached hydrogen (secondary N) is 1. The third-order valence-electron chi connectivity index (χ3n) is 3.42. The Hall–Kier alpha value is -2.43. The molecule has 0 aromatic carbocycles. The normalized spacial score (nSPS) is 13.2. The number of aryl methyl sites for hydroxylation is 1.